The molecule has 1 aromatic heterocycles. The highest BCUT2D eigenvalue weighted by molar-refractivity contribution is 6.49. The number of para-hydroxylation sites is 1. The third-order valence-electron chi connectivity index (χ3n) is 3.55. The molecule has 0 saturated heterocycles. The molecule has 1 aliphatic rings. The first-order valence-corrected chi connectivity index (χ1v) is 7.55. The van der Waals surface area contributed by atoms with E-state index in [9.17, 15) is 4.79 Å². The van der Waals surface area contributed by atoms with E-state index in [1.807, 2.05) is 31.2 Å². The Morgan fingerprint density at radius 2 is 1.95 bits per heavy atom. The molecule has 0 fully saturated rings. The predicted octanol–water partition coefficient (Wildman–Crippen LogP) is 4.63. The van der Waals surface area contributed by atoms with Crippen molar-refractivity contribution in [1.82, 2.24) is 4.98 Å². The summed E-state index contributed by atoms with van der Waals surface area (Å²) in [5.41, 5.74) is 2.14. The average Bonchev–Trinajstić information content (AvgIpc) is 2.80. The summed E-state index contributed by atoms with van der Waals surface area (Å²) in [5.74, 6) is -0.268. The quantitative estimate of drug-likeness (QED) is 0.757. The van der Waals surface area contributed by atoms with Gasteiger partial charge in [0.05, 0.1) is 15.1 Å². The molecule has 0 saturated carbocycles. The maximum Gasteiger partial charge on any atom is 0.278 e. The molecule has 2 aromatic rings. The Balaban J connectivity index is 2.06. The van der Waals surface area contributed by atoms with Gasteiger partial charge in [-0.3, -0.25) is 4.79 Å². The van der Waals surface area contributed by atoms with Crippen LogP contribution in [0.15, 0.2) is 30.5 Å². The molecule has 0 aliphatic carbocycles. The molecule has 0 spiro atoms. The van der Waals surface area contributed by atoms with E-state index in [1.54, 1.807) is 4.90 Å². The van der Waals surface area contributed by atoms with Gasteiger partial charge in [0.2, 0.25) is 0 Å². The number of hydrogen-bond donors (Lipinski definition) is 0. The van der Waals surface area contributed by atoms with E-state index in [4.69, 9.17) is 34.8 Å². The molecule has 3 rings (SSSR count). The van der Waals surface area contributed by atoms with Crippen LogP contribution in [0.4, 0.5) is 5.69 Å². The van der Waals surface area contributed by atoms with Gasteiger partial charge in [-0.2, -0.15) is 0 Å². The van der Waals surface area contributed by atoms with Gasteiger partial charge in [0.25, 0.3) is 5.91 Å². The number of hydrogen-bond acceptors (Lipinski definition) is 2. The molecule has 2 heterocycles. The van der Waals surface area contributed by atoms with Crippen LogP contribution < -0.4 is 4.90 Å². The number of nitrogens with zero attached hydrogens (tertiary/aromatic N) is 2. The topological polar surface area (TPSA) is 33.2 Å². The molecule has 21 heavy (non-hydrogen) atoms. The third-order valence-corrected chi connectivity index (χ3v) is 4.79. The van der Waals surface area contributed by atoms with Crippen molar-refractivity contribution in [3.63, 3.8) is 0 Å². The highest BCUT2D eigenvalue weighted by Gasteiger charge is 2.33. The summed E-state index contributed by atoms with van der Waals surface area (Å²) in [6.45, 7) is 1.99. The van der Waals surface area contributed by atoms with Gasteiger partial charge < -0.3 is 4.90 Å². The molecule has 1 unspecified atom stereocenters. The fourth-order valence-corrected chi connectivity index (χ4v) is 3.14. The third kappa shape index (κ3) is 2.39. The van der Waals surface area contributed by atoms with E-state index < -0.39 is 0 Å². The Labute approximate surface area is 137 Å². The lowest BCUT2D eigenvalue weighted by Crippen LogP contribution is -2.36. The summed E-state index contributed by atoms with van der Waals surface area (Å²) in [4.78, 5) is 18.5. The van der Waals surface area contributed by atoms with Crippen LogP contribution in [-0.4, -0.2) is 16.9 Å². The number of benzene rings is 1. The van der Waals surface area contributed by atoms with E-state index in [-0.39, 0.29) is 32.7 Å². The van der Waals surface area contributed by atoms with Gasteiger partial charge in [0.15, 0.2) is 0 Å². The lowest BCUT2D eigenvalue weighted by Gasteiger charge is -2.22. The Morgan fingerprint density at radius 3 is 2.71 bits per heavy atom. The van der Waals surface area contributed by atoms with Crippen LogP contribution in [0.1, 0.15) is 23.0 Å². The Kier molecular flexibility index (Phi) is 3.82. The largest absolute Gasteiger partial charge is 0.304 e. The molecular formula is C15H11Cl3N2O. The predicted molar refractivity (Wildman–Crippen MR) is 85.7 cm³/mol. The van der Waals surface area contributed by atoms with Gasteiger partial charge in [-0.05, 0) is 25.0 Å². The molecule has 108 valence electrons. The minimum atomic E-state index is -0.268. The number of carbonyl (C=O) groups excluding carboxylic acids is 1. The number of amides is 1. The highest BCUT2D eigenvalue weighted by Crippen LogP contribution is 2.36. The fraction of sp³-hybridized carbons (Fsp3) is 0.200. The lowest BCUT2D eigenvalue weighted by molar-refractivity contribution is 0.0977. The maximum atomic E-state index is 12.8. The van der Waals surface area contributed by atoms with Gasteiger partial charge in [-0.1, -0.05) is 53.0 Å². The van der Waals surface area contributed by atoms with Gasteiger partial charge in [0.1, 0.15) is 5.69 Å². The first kappa shape index (κ1) is 14.6. The first-order chi connectivity index (χ1) is 10.0. The molecule has 1 aromatic carbocycles. The van der Waals surface area contributed by atoms with Crippen molar-refractivity contribution in [1.29, 1.82) is 0 Å². The summed E-state index contributed by atoms with van der Waals surface area (Å²) in [5, 5.41) is 0.468. The smallest absolute Gasteiger partial charge is 0.278 e. The van der Waals surface area contributed by atoms with Crippen molar-refractivity contribution < 1.29 is 4.79 Å². The normalized spacial score (nSPS) is 17.0. The van der Waals surface area contributed by atoms with E-state index in [2.05, 4.69) is 4.98 Å². The minimum Gasteiger partial charge on any atom is -0.304 e. The average molecular weight is 342 g/mol. The van der Waals surface area contributed by atoms with E-state index in [0.29, 0.717) is 0 Å². The minimum absolute atomic E-state index is 0.0437. The Bertz CT molecular complexity index is 733. The van der Waals surface area contributed by atoms with Gasteiger partial charge in [-0.15, -0.1) is 0 Å². The Morgan fingerprint density at radius 1 is 1.24 bits per heavy atom. The zero-order chi connectivity index (χ0) is 15.1. The number of rotatable bonds is 1. The summed E-state index contributed by atoms with van der Waals surface area (Å²) in [6, 6.07) is 7.85. The second-order valence-electron chi connectivity index (χ2n) is 4.94. The molecule has 3 nitrogen and oxygen atoms in total. The highest BCUT2D eigenvalue weighted by atomic mass is 35.5. The van der Waals surface area contributed by atoms with Crippen LogP contribution in [0.25, 0.3) is 0 Å². The van der Waals surface area contributed by atoms with Crippen LogP contribution in [0.2, 0.25) is 15.1 Å². The SMILES string of the molecule is CC1Cc2ccccc2N1C(=O)c1ncc(Cl)c(Cl)c1Cl. The van der Waals surface area contributed by atoms with E-state index in [0.717, 1.165) is 17.7 Å². The molecule has 1 amide bonds. The van der Waals surface area contributed by atoms with Crippen LogP contribution >= 0.6 is 34.8 Å². The number of fused-ring (bicyclic) bond motifs is 1. The summed E-state index contributed by atoms with van der Waals surface area (Å²) in [7, 11) is 0. The van der Waals surface area contributed by atoms with Gasteiger partial charge >= 0.3 is 0 Å². The second kappa shape index (κ2) is 5.48. The standard InChI is InChI=1S/C15H11Cl3N2O/c1-8-6-9-4-2-3-5-11(9)20(8)15(21)14-13(18)12(17)10(16)7-19-14/h2-5,7-8H,6H2,1H3. The van der Waals surface area contributed by atoms with Crippen molar-refractivity contribution >= 4 is 46.4 Å². The fourth-order valence-electron chi connectivity index (χ4n) is 2.58. The number of anilines is 1. The molecular weight excluding hydrogens is 331 g/mol. The van der Waals surface area contributed by atoms with Crippen LogP contribution in [0.5, 0.6) is 0 Å². The van der Waals surface area contributed by atoms with Crippen molar-refractivity contribution in [2.24, 2.45) is 0 Å². The number of pyridine rings is 1. The number of aromatic nitrogens is 1. The Hall–Kier alpha value is -1.29. The maximum absolute atomic E-state index is 12.8. The molecule has 0 bridgehead atoms. The van der Waals surface area contributed by atoms with Gasteiger partial charge in [-0.25, -0.2) is 4.98 Å². The summed E-state index contributed by atoms with van der Waals surface area (Å²) < 4.78 is 0. The van der Waals surface area contributed by atoms with Crippen LogP contribution in [0, 0.1) is 0 Å². The number of halogens is 3. The molecule has 0 N–H and O–H groups in total. The first-order valence-electron chi connectivity index (χ1n) is 6.41. The molecule has 6 heteroatoms. The summed E-state index contributed by atoms with van der Waals surface area (Å²) >= 11 is 18.0. The van der Waals surface area contributed by atoms with Crippen LogP contribution in [-0.2, 0) is 6.42 Å². The summed E-state index contributed by atoms with van der Waals surface area (Å²) in [6.07, 6.45) is 2.15. The zero-order valence-electron chi connectivity index (χ0n) is 11.1. The van der Waals surface area contributed by atoms with Crippen molar-refractivity contribution in [3.05, 3.63) is 56.8 Å². The molecule has 1 aliphatic heterocycles. The lowest BCUT2D eigenvalue weighted by atomic mass is 10.1. The molecule has 1 atom stereocenters. The zero-order valence-corrected chi connectivity index (χ0v) is 13.4. The second-order valence-corrected chi connectivity index (χ2v) is 6.10. The van der Waals surface area contributed by atoms with E-state index in [1.165, 1.54) is 6.20 Å². The van der Waals surface area contributed by atoms with E-state index >= 15 is 0 Å². The van der Waals surface area contributed by atoms with Crippen LogP contribution in [0.3, 0.4) is 0 Å². The number of carbonyl (C=O) groups is 1. The monoisotopic (exact) mass is 340 g/mol. The molecule has 0 radical (unpaired) electrons. The van der Waals surface area contributed by atoms with Crippen molar-refractivity contribution in [2.45, 2.75) is 19.4 Å². The van der Waals surface area contributed by atoms with Gasteiger partial charge in [0, 0.05) is 17.9 Å². The van der Waals surface area contributed by atoms with Crippen molar-refractivity contribution in [3.8, 4) is 0 Å². The van der Waals surface area contributed by atoms with Crippen molar-refractivity contribution in [2.75, 3.05) is 4.90 Å².